The van der Waals surface area contributed by atoms with Gasteiger partial charge in [-0.2, -0.15) is 0 Å². The minimum Gasteiger partial charge on any atom is -0.356 e. The van der Waals surface area contributed by atoms with Crippen molar-refractivity contribution in [2.45, 2.75) is 15.8 Å². The van der Waals surface area contributed by atoms with Crippen LogP contribution in [-0.2, 0) is 6.54 Å². The van der Waals surface area contributed by atoms with Gasteiger partial charge in [-0.15, -0.1) is 10.2 Å². The van der Waals surface area contributed by atoms with E-state index in [1.807, 2.05) is 42.5 Å². The molecule has 0 aliphatic carbocycles. The van der Waals surface area contributed by atoms with E-state index >= 15 is 0 Å². The SMILES string of the molecule is Clc1ccc2c(Sc3nnc(NCc4ccccc4)s3)ccnc2c1. The molecule has 7 heteroatoms. The lowest BCUT2D eigenvalue weighted by molar-refractivity contribution is 0.995. The van der Waals surface area contributed by atoms with E-state index in [0.29, 0.717) is 5.02 Å². The highest BCUT2D eigenvalue weighted by Gasteiger charge is 2.09. The number of nitrogens with one attached hydrogen (secondary N) is 1. The Hall–Kier alpha value is -2.15. The first-order valence-corrected chi connectivity index (χ1v) is 9.62. The molecule has 0 saturated heterocycles. The fourth-order valence-corrected chi connectivity index (χ4v) is 4.37. The fraction of sp³-hybridized carbons (Fsp3) is 0.0556. The standard InChI is InChI=1S/C18H13ClN4S2/c19-13-6-7-14-15(10-13)20-9-8-16(14)24-18-23-22-17(25-18)21-11-12-4-2-1-3-5-12/h1-10H,11H2,(H,21,22). The second kappa shape index (κ2) is 7.39. The van der Waals surface area contributed by atoms with Gasteiger partial charge in [0.25, 0.3) is 0 Å². The van der Waals surface area contributed by atoms with E-state index in [2.05, 4.69) is 32.6 Å². The van der Waals surface area contributed by atoms with Crippen molar-refractivity contribution in [2.24, 2.45) is 0 Å². The first-order chi connectivity index (χ1) is 12.3. The van der Waals surface area contributed by atoms with E-state index in [0.717, 1.165) is 31.8 Å². The Balaban J connectivity index is 1.50. The molecule has 25 heavy (non-hydrogen) atoms. The van der Waals surface area contributed by atoms with Crippen molar-refractivity contribution in [3.8, 4) is 0 Å². The number of hydrogen-bond donors (Lipinski definition) is 1. The van der Waals surface area contributed by atoms with Crippen molar-refractivity contribution in [1.82, 2.24) is 15.2 Å². The molecule has 4 rings (SSSR count). The molecule has 4 aromatic rings. The summed E-state index contributed by atoms with van der Waals surface area (Å²) < 4.78 is 0.887. The average molecular weight is 385 g/mol. The molecule has 0 amide bonds. The van der Waals surface area contributed by atoms with E-state index in [-0.39, 0.29) is 0 Å². The van der Waals surface area contributed by atoms with Crippen LogP contribution in [0.5, 0.6) is 0 Å². The molecule has 2 heterocycles. The van der Waals surface area contributed by atoms with Crippen molar-refractivity contribution >= 4 is 50.7 Å². The third-order valence-electron chi connectivity index (χ3n) is 3.56. The Bertz CT molecular complexity index is 1000. The number of benzene rings is 2. The van der Waals surface area contributed by atoms with Gasteiger partial charge in [-0.3, -0.25) is 4.98 Å². The summed E-state index contributed by atoms with van der Waals surface area (Å²) >= 11 is 9.17. The van der Waals surface area contributed by atoms with Gasteiger partial charge < -0.3 is 5.32 Å². The Morgan fingerprint density at radius 3 is 2.80 bits per heavy atom. The number of pyridine rings is 1. The van der Waals surface area contributed by atoms with Crippen molar-refractivity contribution in [2.75, 3.05) is 5.32 Å². The van der Waals surface area contributed by atoms with E-state index in [1.165, 1.54) is 5.56 Å². The van der Waals surface area contributed by atoms with E-state index < -0.39 is 0 Å². The summed E-state index contributed by atoms with van der Waals surface area (Å²) in [6, 6.07) is 17.9. The van der Waals surface area contributed by atoms with Gasteiger partial charge >= 0.3 is 0 Å². The Morgan fingerprint density at radius 1 is 1.04 bits per heavy atom. The van der Waals surface area contributed by atoms with Crippen LogP contribution in [-0.4, -0.2) is 15.2 Å². The second-order valence-corrected chi connectivity index (χ2v) is 7.99. The van der Waals surface area contributed by atoms with Crippen LogP contribution in [0.25, 0.3) is 10.9 Å². The summed E-state index contributed by atoms with van der Waals surface area (Å²) in [5.41, 5.74) is 2.09. The maximum Gasteiger partial charge on any atom is 0.206 e. The summed E-state index contributed by atoms with van der Waals surface area (Å²) in [7, 11) is 0. The predicted molar refractivity (Wildman–Crippen MR) is 105 cm³/mol. The van der Waals surface area contributed by atoms with Crippen LogP contribution in [0.15, 0.2) is 70.0 Å². The molecule has 0 bridgehead atoms. The lowest BCUT2D eigenvalue weighted by Gasteiger charge is -2.03. The molecule has 0 unspecified atom stereocenters. The van der Waals surface area contributed by atoms with Gasteiger partial charge in [0.05, 0.1) is 5.52 Å². The van der Waals surface area contributed by atoms with Crippen molar-refractivity contribution in [3.05, 3.63) is 71.4 Å². The zero-order valence-electron chi connectivity index (χ0n) is 13.0. The lowest BCUT2D eigenvalue weighted by Crippen LogP contribution is -1.98. The predicted octanol–water partition coefficient (Wildman–Crippen LogP) is 5.50. The first-order valence-electron chi connectivity index (χ1n) is 7.61. The Labute approximate surface area is 158 Å². The van der Waals surface area contributed by atoms with E-state index in [1.54, 1.807) is 29.3 Å². The summed E-state index contributed by atoms with van der Waals surface area (Å²) in [5, 5.41) is 14.4. The van der Waals surface area contributed by atoms with E-state index in [9.17, 15) is 0 Å². The number of aromatic nitrogens is 3. The minimum atomic E-state index is 0.686. The molecule has 0 spiro atoms. The first kappa shape index (κ1) is 16.3. The minimum absolute atomic E-state index is 0.686. The normalized spacial score (nSPS) is 10.9. The smallest absolute Gasteiger partial charge is 0.206 e. The fourth-order valence-electron chi connectivity index (χ4n) is 2.37. The van der Waals surface area contributed by atoms with Gasteiger partial charge in [0, 0.05) is 28.0 Å². The highest BCUT2D eigenvalue weighted by atomic mass is 35.5. The van der Waals surface area contributed by atoms with Crippen LogP contribution in [0.3, 0.4) is 0 Å². The summed E-state index contributed by atoms with van der Waals surface area (Å²) in [6.07, 6.45) is 1.79. The quantitative estimate of drug-likeness (QED) is 0.492. The van der Waals surface area contributed by atoms with Crippen LogP contribution in [0.2, 0.25) is 5.02 Å². The van der Waals surface area contributed by atoms with Crippen molar-refractivity contribution < 1.29 is 0 Å². The molecule has 2 aromatic heterocycles. The number of nitrogens with zero attached hydrogens (tertiary/aromatic N) is 3. The molecular formula is C18H13ClN4S2. The monoisotopic (exact) mass is 384 g/mol. The van der Waals surface area contributed by atoms with Crippen LogP contribution in [0.4, 0.5) is 5.13 Å². The highest BCUT2D eigenvalue weighted by molar-refractivity contribution is 8.01. The molecule has 0 atom stereocenters. The Kier molecular flexibility index (Phi) is 4.83. The van der Waals surface area contributed by atoms with Crippen LogP contribution in [0, 0.1) is 0 Å². The zero-order valence-corrected chi connectivity index (χ0v) is 15.4. The zero-order chi connectivity index (χ0) is 17.1. The average Bonchev–Trinajstić information content (AvgIpc) is 3.08. The molecule has 124 valence electrons. The molecule has 4 nitrogen and oxygen atoms in total. The molecule has 0 saturated carbocycles. The number of halogens is 1. The van der Waals surface area contributed by atoms with Crippen LogP contribution >= 0.6 is 34.7 Å². The Morgan fingerprint density at radius 2 is 1.92 bits per heavy atom. The van der Waals surface area contributed by atoms with Gasteiger partial charge in [-0.25, -0.2) is 0 Å². The number of anilines is 1. The molecule has 1 N–H and O–H groups in total. The van der Waals surface area contributed by atoms with Gasteiger partial charge in [-0.05, 0) is 23.8 Å². The molecular weight excluding hydrogens is 372 g/mol. The summed E-state index contributed by atoms with van der Waals surface area (Å²) in [5.74, 6) is 0. The number of rotatable bonds is 5. The van der Waals surface area contributed by atoms with Gasteiger partial charge in [0.2, 0.25) is 5.13 Å². The van der Waals surface area contributed by atoms with Gasteiger partial charge in [0.15, 0.2) is 4.34 Å². The lowest BCUT2D eigenvalue weighted by atomic mass is 10.2. The molecule has 2 aromatic carbocycles. The van der Waals surface area contributed by atoms with Gasteiger partial charge in [0.1, 0.15) is 0 Å². The topological polar surface area (TPSA) is 50.7 Å². The molecule has 0 aliphatic rings. The molecule has 0 radical (unpaired) electrons. The molecule has 0 aliphatic heterocycles. The highest BCUT2D eigenvalue weighted by Crippen LogP contribution is 2.36. The largest absolute Gasteiger partial charge is 0.356 e. The maximum absolute atomic E-state index is 6.04. The summed E-state index contributed by atoms with van der Waals surface area (Å²) in [6.45, 7) is 0.733. The number of fused-ring (bicyclic) bond motifs is 1. The van der Waals surface area contributed by atoms with Crippen molar-refractivity contribution in [3.63, 3.8) is 0 Å². The van der Waals surface area contributed by atoms with Crippen LogP contribution in [0.1, 0.15) is 5.56 Å². The maximum atomic E-state index is 6.04. The third kappa shape index (κ3) is 3.92. The summed E-state index contributed by atoms with van der Waals surface area (Å²) in [4.78, 5) is 5.46. The van der Waals surface area contributed by atoms with E-state index in [4.69, 9.17) is 11.6 Å². The van der Waals surface area contributed by atoms with Gasteiger partial charge in [-0.1, -0.05) is 71.1 Å². The number of hydrogen-bond acceptors (Lipinski definition) is 6. The second-order valence-electron chi connectivity index (χ2n) is 5.28. The molecule has 0 fully saturated rings. The van der Waals surface area contributed by atoms with Crippen LogP contribution < -0.4 is 5.32 Å². The van der Waals surface area contributed by atoms with Crippen molar-refractivity contribution in [1.29, 1.82) is 0 Å². The third-order valence-corrected chi connectivity index (χ3v) is 5.80.